The van der Waals surface area contributed by atoms with Crippen molar-refractivity contribution in [1.82, 2.24) is 0 Å². The number of rotatable bonds is 4. The van der Waals surface area contributed by atoms with Gasteiger partial charge in [-0.25, -0.2) is 0 Å². The summed E-state index contributed by atoms with van der Waals surface area (Å²) in [6.07, 6.45) is -2.79. The Balaban J connectivity index is 1.91. The van der Waals surface area contributed by atoms with E-state index in [0.717, 1.165) is 22.2 Å². The SMILES string of the molecule is FC(F)(F)c1ccc(CON=Cc2ccccc2Br)cc1. The Bertz CT molecular complexity index is 624. The smallest absolute Gasteiger partial charge is 0.391 e. The summed E-state index contributed by atoms with van der Waals surface area (Å²) in [5.41, 5.74) is 0.792. The van der Waals surface area contributed by atoms with Crippen molar-refractivity contribution in [3.63, 3.8) is 0 Å². The van der Waals surface area contributed by atoms with Gasteiger partial charge in [0.2, 0.25) is 0 Å². The van der Waals surface area contributed by atoms with Gasteiger partial charge in [0.1, 0.15) is 6.61 Å². The maximum atomic E-state index is 12.4. The van der Waals surface area contributed by atoms with E-state index >= 15 is 0 Å². The molecule has 0 N–H and O–H groups in total. The third-order valence-corrected chi connectivity index (χ3v) is 3.41. The zero-order valence-electron chi connectivity index (χ0n) is 10.8. The molecule has 110 valence electrons. The Morgan fingerprint density at radius 3 is 2.33 bits per heavy atom. The van der Waals surface area contributed by atoms with E-state index in [1.165, 1.54) is 18.3 Å². The maximum Gasteiger partial charge on any atom is 0.416 e. The summed E-state index contributed by atoms with van der Waals surface area (Å²) in [5, 5.41) is 3.79. The number of halogens is 4. The molecule has 6 heteroatoms. The molecule has 21 heavy (non-hydrogen) atoms. The fourth-order valence-corrected chi connectivity index (χ4v) is 1.96. The highest BCUT2D eigenvalue weighted by atomic mass is 79.9. The van der Waals surface area contributed by atoms with Gasteiger partial charge in [0.05, 0.1) is 11.8 Å². The van der Waals surface area contributed by atoms with E-state index in [4.69, 9.17) is 4.84 Å². The molecule has 0 aromatic heterocycles. The first kappa shape index (κ1) is 15.6. The van der Waals surface area contributed by atoms with E-state index < -0.39 is 11.7 Å². The Labute approximate surface area is 128 Å². The maximum absolute atomic E-state index is 12.4. The minimum absolute atomic E-state index is 0.110. The second-order valence-electron chi connectivity index (χ2n) is 4.22. The van der Waals surface area contributed by atoms with Crippen molar-refractivity contribution < 1.29 is 18.0 Å². The van der Waals surface area contributed by atoms with Crippen molar-refractivity contribution in [3.05, 3.63) is 69.7 Å². The van der Waals surface area contributed by atoms with E-state index in [1.807, 2.05) is 24.3 Å². The zero-order valence-corrected chi connectivity index (χ0v) is 12.4. The molecule has 2 aromatic rings. The summed E-state index contributed by atoms with van der Waals surface area (Å²) in [6.45, 7) is 0.110. The van der Waals surface area contributed by atoms with Crippen LogP contribution in [-0.4, -0.2) is 6.21 Å². The summed E-state index contributed by atoms with van der Waals surface area (Å²) >= 11 is 3.37. The zero-order chi connectivity index (χ0) is 15.3. The predicted octanol–water partition coefficient (Wildman–Crippen LogP) is 5.02. The van der Waals surface area contributed by atoms with Crippen LogP contribution in [0.15, 0.2) is 58.2 Å². The van der Waals surface area contributed by atoms with Gasteiger partial charge in [-0.2, -0.15) is 13.2 Å². The normalized spacial score (nSPS) is 11.8. The van der Waals surface area contributed by atoms with Crippen molar-refractivity contribution in [3.8, 4) is 0 Å². The molecule has 0 aliphatic carbocycles. The molecule has 0 saturated heterocycles. The number of benzene rings is 2. The van der Waals surface area contributed by atoms with Crippen molar-refractivity contribution in [2.45, 2.75) is 12.8 Å². The van der Waals surface area contributed by atoms with Gasteiger partial charge >= 0.3 is 6.18 Å². The fraction of sp³-hybridized carbons (Fsp3) is 0.133. The van der Waals surface area contributed by atoms with Gasteiger partial charge in [0, 0.05) is 10.0 Å². The highest BCUT2D eigenvalue weighted by molar-refractivity contribution is 9.10. The number of hydrogen-bond donors (Lipinski definition) is 0. The van der Waals surface area contributed by atoms with Crippen LogP contribution in [0.2, 0.25) is 0 Å². The average molecular weight is 358 g/mol. The lowest BCUT2D eigenvalue weighted by Crippen LogP contribution is -2.04. The van der Waals surface area contributed by atoms with Crippen LogP contribution in [0.5, 0.6) is 0 Å². The monoisotopic (exact) mass is 357 g/mol. The molecule has 0 atom stereocenters. The molecule has 0 heterocycles. The van der Waals surface area contributed by atoms with Gasteiger partial charge in [-0.1, -0.05) is 51.4 Å². The lowest BCUT2D eigenvalue weighted by Gasteiger charge is -2.07. The molecule has 0 aliphatic rings. The molecule has 2 aromatic carbocycles. The largest absolute Gasteiger partial charge is 0.416 e. The summed E-state index contributed by atoms with van der Waals surface area (Å²) in [5.74, 6) is 0. The van der Waals surface area contributed by atoms with Crippen molar-refractivity contribution in [2.24, 2.45) is 5.16 Å². The van der Waals surface area contributed by atoms with Crippen LogP contribution in [0.3, 0.4) is 0 Å². The van der Waals surface area contributed by atoms with Gasteiger partial charge < -0.3 is 4.84 Å². The first-order valence-corrected chi connectivity index (χ1v) is 6.82. The molecule has 0 radical (unpaired) electrons. The van der Waals surface area contributed by atoms with Gasteiger partial charge in [-0.05, 0) is 23.8 Å². The highest BCUT2D eigenvalue weighted by Crippen LogP contribution is 2.29. The third-order valence-electron chi connectivity index (χ3n) is 2.68. The molecule has 0 saturated carbocycles. The van der Waals surface area contributed by atoms with Crippen LogP contribution < -0.4 is 0 Å². The topological polar surface area (TPSA) is 21.6 Å². The molecular formula is C15H11BrF3NO. The number of hydrogen-bond acceptors (Lipinski definition) is 2. The van der Waals surface area contributed by atoms with Crippen molar-refractivity contribution in [2.75, 3.05) is 0 Å². The molecule has 0 bridgehead atoms. The van der Waals surface area contributed by atoms with Gasteiger partial charge in [-0.15, -0.1) is 0 Å². The lowest BCUT2D eigenvalue weighted by molar-refractivity contribution is -0.137. The first-order chi connectivity index (χ1) is 9.97. The quantitative estimate of drug-likeness (QED) is 0.556. The number of nitrogens with zero attached hydrogens (tertiary/aromatic N) is 1. The van der Waals surface area contributed by atoms with E-state index in [0.29, 0.717) is 5.56 Å². The molecule has 0 fully saturated rings. The Hall–Kier alpha value is -1.82. The average Bonchev–Trinajstić information content (AvgIpc) is 2.45. The molecule has 0 aliphatic heterocycles. The van der Waals surface area contributed by atoms with E-state index in [2.05, 4.69) is 21.1 Å². The number of oxime groups is 1. The Kier molecular flexibility index (Phi) is 5.01. The summed E-state index contributed by atoms with van der Waals surface area (Å²) in [6, 6.07) is 12.3. The van der Waals surface area contributed by atoms with Crippen LogP contribution in [-0.2, 0) is 17.6 Å². The fourth-order valence-electron chi connectivity index (χ4n) is 1.58. The predicted molar refractivity (Wildman–Crippen MR) is 78.0 cm³/mol. The summed E-state index contributed by atoms with van der Waals surface area (Å²) < 4.78 is 38.1. The number of alkyl halides is 3. The molecule has 2 rings (SSSR count). The van der Waals surface area contributed by atoms with Gasteiger partial charge in [-0.3, -0.25) is 0 Å². The highest BCUT2D eigenvalue weighted by Gasteiger charge is 2.29. The minimum atomic E-state index is -4.32. The van der Waals surface area contributed by atoms with Crippen LogP contribution in [0.1, 0.15) is 16.7 Å². The molecule has 0 amide bonds. The van der Waals surface area contributed by atoms with Crippen molar-refractivity contribution in [1.29, 1.82) is 0 Å². The second-order valence-corrected chi connectivity index (χ2v) is 5.08. The van der Waals surface area contributed by atoms with Gasteiger partial charge in [0.25, 0.3) is 0 Å². The van der Waals surface area contributed by atoms with Crippen LogP contribution in [0.4, 0.5) is 13.2 Å². The standard InChI is InChI=1S/C15H11BrF3NO/c16-14-4-2-1-3-12(14)9-20-21-10-11-5-7-13(8-6-11)15(17,18)19/h1-9H,10H2. The van der Waals surface area contributed by atoms with Gasteiger partial charge in [0.15, 0.2) is 0 Å². The van der Waals surface area contributed by atoms with Crippen LogP contribution in [0.25, 0.3) is 0 Å². The Morgan fingerprint density at radius 2 is 1.71 bits per heavy atom. The molecule has 2 nitrogen and oxygen atoms in total. The first-order valence-electron chi connectivity index (χ1n) is 6.03. The lowest BCUT2D eigenvalue weighted by atomic mass is 10.1. The summed E-state index contributed by atoms with van der Waals surface area (Å²) in [7, 11) is 0. The van der Waals surface area contributed by atoms with Crippen LogP contribution in [0, 0.1) is 0 Å². The second kappa shape index (κ2) is 6.76. The third kappa shape index (κ3) is 4.60. The van der Waals surface area contributed by atoms with Crippen molar-refractivity contribution >= 4 is 22.1 Å². The Morgan fingerprint density at radius 1 is 1.05 bits per heavy atom. The minimum Gasteiger partial charge on any atom is -0.391 e. The van der Waals surface area contributed by atoms with E-state index in [-0.39, 0.29) is 6.61 Å². The molecular weight excluding hydrogens is 347 g/mol. The summed E-state index contributed by atoms with van der Waals surface area (Å²) in [4.78, 5) is 5.07. The van der Waals surface area contributed by atoms with Crippen LogP contribution >= 0.6 is 15.9 Å². The molecule has 0 spiro atoms. The van der Waals surface area contributed by atoms with E-state index in [9.17, 15) is 13.2 Å². The molecule has 0 unspecified atom stereocenters. The van der Waals surface area contributed by atoms with E-state index in [1.54, 1.807) is 0 Å².